The van der Waals surface area contributed by atoms with E-state index in [-0.39, 0.29) is 0 Å². The molecular formula is C33H22N4. The van der Waals surface area contributed by atoms with Gasteiger partial charge in [0.05, 0.1) is 11.6 Å². The molecule has 0 fully saturated rings. The average molecular weight is 475 g/mol. The van der Waals surface area contributed by atoms with Gasteiger partial charge >= 0.3 is 0 Å². The first-order valence-corrected chi connectivity index (χ1v) is 12.0. The third-order valence-electron chi connectivity index (χ3n) is 6.49. The van der Waals surface area contributed by atoms with Crippen LogP contribution in [-0.4, -0.2) is 9.97 Å². The molecule has 174 valence electrons. The van der Waals surface area contributed by atoms with Crippen LogP contribution in [0.5, 0.6) is 0 Å². The fourth-order valence-corrected chi connectivity index (χ4v) is 4.58. The van der Waals surface area contributed by atoms with Crippen LogP contribution in [0.4, 0.5) is 17.1 Å². The van der Waals surface area contributed by atoms with Gasteiger partial charge in [-0.15, -0.1) is 0 Å². The molecule has 0 spiro atoms. The lowest BCUT2D eigenvalue weighted by molar-refractivity contribution is 1.28. The monoisotopic (exact) mass is 474 g/mol. The highest BCUT2D eigenvalue weighted by molar-refractivity contribution is 5.90. The Balaban J connectivity index is 1.44. The predicted octanol–water partition coefficient (Wildman–Crippen LogP) is 8.31. The second kappa shape index (κ2) is 9.77. The largest absolute Gasteiger partial charge is 0.310 e. The van der Waals surface area contributed by atoms with E-state index in [9.17, 15) is 5.26 Å². The van der Waals surface area contributed by atoms with Crippen molar-refractivity contribution in [3.8, 4) is 28.3 Å². The standard InChI is InChI=1S/C33H22N4/c34-23-24-1-2-30-22-33(12-7-29(30)21-24)37(31-8-3-25(4-9-31)27-13-17-35-18-14-27)32-10-5-26(6-11-32)28-15-19-36-20-16-28/h1-22H. The van der Waals surface area contributed by atoms with Crippen LogP contribution < -0.4 is 4.90 Å². The summed E-state index contributed by atoms with van der Waals surface area (Å²) in [6, 6.07) is 39.6. The van der Waals surface area contributed by atoms with Crippen molar-refractivity contribution < 1.29 is 0 Å². The molecule has 0 saturated heterocycles. The summed E-state index contributed by atoms with van der Waals surface area (Å²) >= 11 is 0. The number of nitrogens with zero attached hydrogens (tertiary/aromatic N) is 4. The lowest BCUT2D eigenvalue weighted by atomic mass is 10.0. The Hall–Kier alpha value is -5.27. The second-order valence-corrected chi connectivity index (χ2v) is 8.76. The molecule has 0 atom stereocenters. The SMILES string of the molecule is N#Cc1ccc2cc(N(c3ccc(-c4ccncc4)cc3)c3ccc(-c4ccncc4)cc3)ccc2c1. The Morgan fingerprint density at radius 1 is 0.459 bits per heavy atom. The van der Waals surface area contributed by atoms with Gasteiger partial charge in [0.25, 0.3) is 0 Å². The molecule has 0 aliphatic carbocycles. The molecule has 0 radical (unpaired) electrons. The number of fused-ring (bicyclic) bond motifs is 1. The summed E-state index contributed by atoms with van der Waals surface area (Å²) in [7, 11) is 0. The van der Waals surface area contributed by atoms with Crippen molar-refractivity contribution >= 4 is 27.8 Å². The number of hydrogen-bond acceptors (Lipinski definition) is 4. The molecule has 4 heteroatoms. The predicted molar refractivity (Wildman–Crippen MR) is 150 cm³/mol. The molecule has 2 heterocycles. The summed E-state index contributed by atoms with van der Waals surface area (Å²) < 4.78 is 0. The summed E-state index contributed by atoms with van der Waals surface area (Å²) in [5, 5.41) is 11.4. The van der Waals surface area contributed by atoms with Crippen molar-refractivity contribution in [2.75, 3.05) is 4.90 Å². The Bertz CT molecular complexity index is 1620. The van der Waals surface area contributed by atoms with E-state index < -0.39 is 0 Å². The molecule has 0 bridgehead atoms. The molecular weight excluding hydrogens is 452 g/mol. The number of nitriles is 1. The summed E-state index contributed by atoms with van der Waals surface area (Å²) in [4.78, 5) is 10.5. The first kappa shape index (κ1) is 22.2. The van der Waals surface area contributed by atoms with Crippen molar-refractivity contribution in [2.45, 2.75) is 0 Å². The zero-order valence-electron chi connectivity index (χ0n) is 20.0. The molecule has 6 aromatic rings. The van der Waals surface area contributed by atoms with Gasteiger partial charge in [-0.3, -0.25) is 9.97 Å². The molecule has 0 saturated carbocycles. The molecule has 0 aliphatic rings. The van der Waals surface area contributed by atoms with Crippen LogP contribution in [0, 0.1) is 11.3 Å². The maximum absolute atomic E-state index is 9.28. The zero-order valence-corrected chi connectivity index (χ0v) is 20.0. The van der Waals surface area contributed by atoms with E-state index in [0.29, 0.717) is 5.56 Å². The van der Waals surface area contributed by atoms with Gasteiger partial charge in [0.1, 0.15) is 0 Å². The van der Waals surface area contributed by atoms with Gasteiger partial charge in [0, 0.05) is 41.8 Å². The molecule has 0 N–H and O–H groups in total. The smallest absolute Gasteiger partial charge is 0.0991 e. The number of pyridine rings is 2. The summed E-state index contributed by atoms with van der Waals surface area (Å²) in [6.07, 6.45) is 7.25. The topological polar surface area (TPSA) is 52.8 Å². The van der Waals surface area contributed by atoms with Gasteiger partial charge in [-0.2, -0.15) is 5.26 Å². The van der Waals surface area contributed by atoms with Crippen molar-refractivity contribution in [1.29, 1.82) is 5.26 Å². The van der Waals surface area contributed by atoms with Crippen LogP contribution >= 0.6 is 0 Å². The van der Waals surface area contributed by atoms with E-state index in [1.165, 1.54) is 0 Å². The van der Waals surface area contributed by atoms with Crippen molar-refractivity contribution in [3.63, 3.8) is 0 Å². The molecule has 0 amide bonds. The number of hydrogen-bond donors (Lipinski definition) is 0. The Labute approximate surface area is 215 Å². The maximum atomic E-state index is 9.28. The van der Waals surface area contributed by atoms with E-state index in [1.807, 2.05) is 67.3 Å². The van der Waals surface area contributed by atoms with Crippen LogP contribution in [0.2, 0.25) is 0 Å². The third kappa shape index (κ3) is 4.54. The van der Waals surface area contributed by atoms with Gasteiger partial charge in [0.15, 0.2) is 0 Å². The minimum Gasteiger partial charge on any atom is -0.310 e. The van der Waals surface area contributed by atoms with Crippen LogP contribution in [0.3, 0.4) is 0 Å². The molecule has 0 aliphatic heterocycles. The Kier molecular flexibility index (Phi) is 5.86. The number of benzene rings is 4. The second-order valence-electron chi connectivity index (χ2n) is 8.76. The fraction of sp³-hybridized carbons (Fsp3) is 0. The normalized spacial score (nSPS) is 10.7. The van der Waals surface area contributed by atoms with E-state index in [1.54, 1.807) is 0 Å². The highest BCUT2D eigenvalue weighted by Crippen LogP contribution is 2.38. The van der Waals surface area contributed by atoms with Crippen LogP contribution in [-0.2, 0) is 0 Å². The van der Waals surface area contributed by atoms with Crippen LogP contribution in [0.15, 0.2) is 134 Å². The van der Waals surface area contributed by atoms with E-state index in [0.717, 1.165) is 50.1 Å². The lowest BCUT2D eigenvalue weighted by Gasteiger charge is -2.26. The lowest BCUT2D eigenvalue weighted by Crippen LogP contribution is -2.09. The quantitative estimate of drug-likeness (QED) is 0.252. The maximum Gasteiger partial charge on any atom is 0.0991 e. The number of anilines is 3. The summed E-state index contributed by atoms with van der Waals surface area (Å²) in [6.45, 7) is 0. The van der Waals surface area contributed by atoms with Crippen molar-refractivity contribution in [3.05, 3.63) is 140 Å². The summed E-state index contributed by atoms with van der Waals surface area (Å²) in [5.74, 6) is 0. The zero-order chi connectivity index (χ0) is 25.0. The first-order valence-electron chi connectivity index (χ1n) is 12.0. The first-order chi connectivity index (χ1) is 18.3. The molecule has 37 heavy (non-hydrogen) atoms. The van der Waals surface area contributed by atoms with Gasteiger partial charge < -0.3 is 4.90 Å². The number of aromatic nitrogens is 2. The fourth-order valence-electron chi connectivity index (χ4n) is 4.58. The van der Waals surface area contributed by atoms with Crippen LogP contribution in [0.1, 0.15) is 5.56 Å². The van der Waals surface area contributed by atoms with Gasteiger partial charge in [-0.25, -0.2) is 0 Å². The van der Waals surface area contributed by atoms with Gasteiger partial charge in [0.2, 0.25) is 0 Å². The minimum atomic E-state index is 0.663. The molecule has 4 nitrogen and oxygen atoms in total. The van der Waals surface area contributed by atoms with Gasteiger partial charge in [-0.05, 0) is 106 Å². The van der Waals surface area contributed by atoms with E-state index in [2.05, 4.69) is 87.7 Å². The van der Waals surface area contributed by atoms with E-state index in [4.69, 9.17) is 0 Å². The van der Waals surface area contributed by atoms with Crippen molar-refractivity contribution in [1.82, 2.24) is 9.97 Å². The van der Waals surface area contributed by atoms with Gasteiger partial charge in [-0.1, -0.05) is 36.4 Å². The highest BCUT2D eigenvalue weighted by Gasteiger charge is 2.14. The molecule has 2 aromatic heterocycles. The highest BCUT2D eigenvalue weighted by atomic mass is 15.1. The molecule has 4 aromatic carbocycles. The molecule has 6 rings (SSSR count). The number of rotatable bonds is 5. The minimum absolute atomic E-state index is 0.663. The third-order valence-corrected chi connectivity index (χ3v) is 6.49. The molecule has 0 unspecified atom stereocenters. The summed E-state index contributed by atoms with van der Waals surface area (Å²) in [5.41, 5.74) is 8.37. The Morgan fingerprint density at radius 3 is 1.41 bits per heavy atom. The van der Waals surface area contributed by atoms with Crippen molar-refractivity contribution in [2.24, 2.45) is 0 Å². The van der Waals surface area contributed by atoms with Crippen LogP contribution in [0.25, 0.3) is 33.0 Å². The van der Waals surface area contributed by atoms with E-state index >= 15 is 0 Å². The Morgan fingerprint density at radius 2 is 0.892 bits per heavy atom. The average Bonchev–Trinajstić information content (AvgIpc) is 2.98.